The highest BCUT2D eigenvalue weighted by atomic mass is 16.5. The maximum absolute atomic E-state index is 12.8. The number of hydrogen-bond donors (Lipinski definition) is 1. The monoisotopic (exact) mass is 349 g/mol. The van der Waals surface area contributed by atoms with Crippen molar-refractivity contribution in [3.63, 3.8) is 0 Å². The molecular weight excluding hydrogens is 330 g/mol. The number of Topliss-reactive ketones (excluding diaryl/α,β-unsaturated/α-hetero) is 1. The average Bonchev–Trinajstić information content (AvgIpc) is 3.09. The first-order valence-corrected chi connectivity index (χ1v) is 8.41. The number of esters is 1. The van der Waals surface area contributed by atoms with E-state index in [-0.39, 0.29) is 22.5 Å². The van der Waals surface area contributed by atoms with Crippen molar-refractivity contribution in [2.45, 2.75) is 26.2 Å². The third-order valence-corrected chi connectivity index (χ3v) is 4.68. The lowest BCUT2D eigenvalue weighted by Crippen LogP contribution is -2.13. The number of para-hydroxylation sites is 1. The van der Waals surface area contributed by atoms with Crippen LogP contribution in [0.4, 0.5) is 5.69 Å². The van der Waals surface area contributed by atoms with E-state index in [9.17, 15) is 9.59 Å². The number of nitrogens with one attached hydrogen (secondary N) is 1. The molecule has 0 saturated carbocycles. The van der Waals surface area contributed by atoms with Gasteiger partial charge in [0.25, 0.3) is 0 Å². The fourth-order valence-corrected chi connectivity index (χ4v) is 3.36. The maximum atomic E-state index is 12.8. The van der Waals surface area contributed by atoms with Crippen LogP contribution in [0.15, 0.2) is 42.1 Å². The number of methoxy groups -OCH3 is 1. The highest BCUT2D eigenvalue weighted by Crippen LogP contribution is 2.46. The van der Waals surface area contributed by atoms with Gasteiger partial charge in [0.15, 0.2) is 0 Å². The number of carbonyl (C=O) groups is 2. The molecule has 2 aromatic carbocycles. The van der Waals surface area contributed by atoms with Crippen LogP contribution in [-0.4, -0.2) is 18.9 Å². The minimum Gasteiger partial charge on any atom is -0.497 e. The predicted molar refractivity (Wildman–Crippen MR) is 98.6 cm³/mol. The first-order chi connectivity index (χ1) is 12.3. The third-order valence-electron chi connectivity index (χ3n) is 4.68. The number of anilines is 1. The van der Waals surface area contributed by atoms with Gasteiger partial charge in [-0.15, -0.1) is 0 Å². The van der Waals surface area contributed by atoms with Gasteiger partial charge in [-0.25, -0.2) is 4.79 Å². The van der Waals surface area contributed by atoms with Gasteiger partial charge < -0.3 is 14.8 Å². The van der Waals surface area contributed by atoms with Crippen molar-refractivity contribution in [2.24, 2.45) is 0 Å². The second-order valence-corrected chi connectivity index (χ2v) is 7.44. The Balaban J connectivity index is 1.96. The lowest BCUT2D eigenvalue weighted by molar-refractivity contribution is -0.127. The van der Waals surface area contributed by atoms with E-state index in [1.165, 1.54) is 0 Å². The van der Waals surface area contributed by atoms with Crippen molar-refractivity contribution in [1.82, 2.24) is 0 Å². The number of carbonyl (C=O) groups excluding carboxylic acids is 2. The van der Waals surface area contributed by atoms with Gasteiger partial charge in [0.2, 0.25) is 5.78 Å². The van der Waals surface area contributed by atoms with Crippen LogP contribution in [0.3, 0.4) is 0 Å². The Morgan fingerprint density at radius 1 is 1.04 bits per heavy atom. The normalized spacial score (nSPS) is 18.3. The zero-order valence-electron chi connectivity index (χ0n) is 15.1. The number of rotatable bonds is 1. The molecule has 4 rings (SSSR count). The van der Waals surface area contributed by atoms with E-state index in [4.69, 9.17) is 9.47 Å². The molecule has 5 heteroatoms. The summed E-state index contributed by atoms with van der Waals surface area (Å²) in [5.41, 5.74) is 2.94. The third kappa shape index (κ3) is 2.31. The van der Waals surface area contributed by atoms with Crippen LogP contribution < -0.4 is 14.8 Å². The van der Waals surface area contributed by atoms with E-state index in [0.717, 1.165) is 5.56 Å². The average molecular weight is 349 g/mol. The van der Waals surface area contributed by atoms with Crippen molar-refractivity contribution >= 4 is 23.0 Å². The molecule has 2 aliphatic rings. The Hall–Kier alpha value is -3.08. The molecule has 2 heterocycles. The molecule has 26 heavy (non-hydrogen) atoms. The molecule has 0 radical (unpaired) electrons. The Bertz CT molecular complexity index is 996. The van der Waals surface area contributed by atoms with Crippen LogP contribution in [0.2, 0.25) is 0 Å². The Labute approximate surface area is 151 Å². The predicted octanol–water partition coefficient (Wildman–Crippen LogP) is 3.93. The van der Waals surface area contributed by atoms with Gasteiger partial charge in [-0.2, -0.15) is 0 Å². The summed E-state index contributed by atoms with van der Waals surface area (Å²) in [7, 11) is 1.58. The van der Waals surface area contributed by atoms with E-state index in [0.29, 0.717) is 28.3 Å². The molecule has 0 amide bonds. The quantitative estimate of drug-likeness (QED) is 0.480. The molecule has 0 aromatic heterocycles. The maximum Gasteiger partial charge on any atom is 0.346 e. The Morgan fingerprint density at radius 2 is 1.77 bits per heavy atom. The number of fused-ring (bicyclic) bond motifs is 2. The van der Waals surface area contributed by atoms with Gasteiger partial charge in [0.05, 0.1) is 12.7 Å². The van der Waals surface area contributed by atoms with Crippen LogP contribution in [-0.2, 0) is 10.2 Å². The molecule has 0 spiro atoms. The van der Waals surface area contributed by atoms with E-state index in [2.05, 4.69) is 5.32 Å². The second-order valence-electron chi connectivity index (χ2n) is 7.44. The first-order valence-electron chi connectivity index (χ1n) is 8.41. The van der Waals surface area contributed by atoms with E-state index in [1.54, 1.807) is 25.3 Å². The molecule has 2 aliphatic heterocycles. The molecule has 0 fully saturated rings. The molecule has 0 saturated heterocycles. The number of benzene rings is 2. The zero-order chi connectivity index (χ0) is 18.6. The molecule has 132 valence electrons. The summed E-state index contributed by atoms with van der Waals surface area (Å²) in [6, 6.07) is 10.8. The van der Waals surface area contributed by atoms with Gasteiger partial charge in [0, 0.05) is 22.4 Å². The summed E-state index contributed by atoms with van der Waals surface area (Å²) in [5.74, 6) is 0.382. The van der Waals surface area contributed by atoms with Gasteiger partial charge in [-0.05, 0) is 29.7 Å². The van der Waals surface area contributed by atoms with Crippen molar-refractivity contribution in [1.29, 1.82) is 0 Å². The minimum atomic E-state index is -0.526. The van der Waals surface area contributed by atoms with Crippen LogP contribution in [0.1, 0.15) is 42.3 Å². The molecule has 2 aromatic rings. The molecular formula is C21H19NO4. The standard InChI is InChI=1S/C21H19NO4/c1-21(2,3)14-10-11(25-4)9-13-16(20(24)26-19(13)14)17-18(23)12-7-5-6-8-15(12)22-17/h5-10,22H,1-4H3/b17-16+. The fourth-order valence-electron chi connectivity index (χ4n) is 3.36. The zero-order valence-corrected chi connectivity index (χ0v) is 15.1. The minimum absolute atomic E-state index is 0.208. The molecule has 0 unspecified atom stereocenters. The van der Waals surface area contributed by atoms with Gasteiger partial charge in [-0.1, -0.05) is 32.9 Å². The lowest BCUT2D eigenvalue weighted by Gasteiger charge is -2.22. The SMILES string of the molecule is COc1cc2c(c(C(C)(C)C)c1)OC(=O)/C2=C1/Nc2ccccc2C1=O. The first kappa shape index (κ1) is 16.4. The number of allylic oxidation sites excluding steroid dienone is 1. The molecule has 0 aliphatic carbocycles. The summed E-state index contributed by atoms with van der Waals surface area (Å²) >= 11 is 0. The number of ketones is 1. The van der Waals surface area contributed by atoms with Gasteiger partial charge >= 0.3 is 5.97 Å². The van der Waals surface area contributed by atoms with E-state index < -0.39 is 5.97 Å². The number of ether oxygens (including phenoxy) is 2. The summed E-state index contributed by atoms with van der Waals surface area (Å²) in [4.78, 5) is 25.5. The van der Waals surface area contributed by atoms with E-state index in [1.807, 2.05) is 39.0 Å². The second kappa shape index (κ2) is 5.46. The van der Waals surface area contributed by atoms with Gasteiger partial charge in [-0.3, -0.25) is 4.79 Å². The Morgan fingerprint density at radius 3 is 2.42 bits per heavy atom. The van der Waals surface area contributed by atoms with Crippen LogP contribution >= 0.6 is 0 Å². The largest absolute Gasteiger partial charge is 0.497 e. The smallest absolute Gasteiger partial charge is 0.346 e. The van der Waals surface area contributed by atoms with Crippen molar-refractivity contribution in [2.75, 3.05) is 12.4 Å². The fraction of sp³-hybridized carbons (Fsp3) is 0.238. The van der Waals surface area contributed by atoms with Crippen molar-refractivity contribution in [3.05, 3.63) is 58.8 Å². The Kier molecular flexibility index (Phi) is 3.44. The summed E-state index contributed by atoms with van der Waals surface area (Å²) in [5, 5.41) is 3.08. The topological polar surface area (TPSA) is 64.6 Å². The summed E-state index contributed by atoms with van der Waals surface area (Å²) < 4.78 is 11.0. The van der Waals surface area contributed by atoms with E-state index >= 15 is 0 Å². The molecule has 0 bridgehead atoms. The molecule has 1 N–H and O–H groups in total. The highest BCUT2D eigenvalue weighted by Gasteiger charge is 2.39. The number of hydrogen-bond acceptors (Lipinski definition) is 5. The summed E-state index contributed by atoms with van der Waals surface area (Å²) in [6.07, 6.45) is 0. The van der Waals surface area contributed by atoms with Crippen LogP contribution in [0.5, 0.6) is 11.5 Å². The van der Waals surface area contributed by atoms with Gasteiger partial charge in [0.1, 0.15) is 17.2 Å². The van der Waals surface area contributed by atoms with Crippen molar-refractivity contribution in [3.8, 4) is 11.5 Å². The highest BCUT2D eigenvalue weighted by molar-refractivity contribution is 6.33. The molecule has 5 nitrogen and oxygen atoms in total. The molecule has 0 atom stereocenters. The summed E-state index contributed by atoms with van der Waals surface area (Å²) in [6.45, 7) is 6.11. The van der Waals surface area contributed by atoms with Crippen molar-refractivity contribution < 1.29 is 19.1 Å². The van der Waals surface area contributed by atoms with Crippen LogP contribution in [0, 0.1) is 0 Å². The van der Waals surface area contributed by atoms with Crippen LogP contribution in [0.25, 0.3) is 5.57 Å². The lowest BCUT2D eigenvalue weighted by atomic mass is 9.84.